The predicted octanol–water partition coefficient (Wildman–Crippen LogP) is 4.35. The normalized spacial score (nSPS) is 15.9. The number of pyridine rings is 2. The highest BCUT2D eigenvalue weighted by Gasteiger charge is 2.25. The lowest BCUT2D eigenvalue weighted by Gasteiger charge is -2.27. The van der Waals surface area contributed by atoms with Crippen LogP contribution in [0.15, 0.2) is 36.7 Å². The Kier molecular flexibility index (Phi) is 4.94. The number of hydrogen-bond acceptors (Lipinski definition) is 4. The van der Waals surface area contributed by atoms with Gasteiger partial charge in [0.15, 0.2) is 0 Å². The second-order valence-electron chi connectivity index (χ2n) is 7.00. The number of amides is 1. The smallest absolute Gasteiger partial charge is 0.220 e. The van der Waals surface area contributed by atoms with Crippen molar-refractivity contribution in [2.45, 2.75) is 38.6 Å². The summed E-state index contributed by atoms with van der Waals surface area (Å²) < 4.78 is 20.1. The molecule has 1 N–H and O–H groups in total. The van der Waals surface area contributed by atoms with Crippen molar-refractivity contribution in [3.8, 4) is 17.0 Å². The van der Waals surface area contributed by atoms with Crippen LogP contribution in [-0.4, -0.2) is 23.0 Å². The van der Waals surface area contributed by atoms with Crippen molar-refractivity contribution in [2.24, 2.45) is 0 Å². The molecule has 28 heavy (non-hydrogen) atoms. The van der Waals surface area contributed by atoms with Gasteiger partial charge < -0.3 is 10.1 Å². The number of nitrogens with one attached hydrogen (secondary N) is 1. The van der Waals surface area contributed by atoms with Crippen LogP contribution in [0.25, 0.3) is 22.0 Å². The van der Waals surface area contributed by atoms with Crippen molar-refractivity contribution in [1.82, 2.24) is 15.3 Å². The lowest BCUT2D eigenvalue weighted by atomic mass is 9.84. The molecule has 144 valence electrons. The topological polar surface area (TPSA) is 64.1 Å². The summed E-state index contributed by atoms with van der Waals surface area (Å²) in [7, 11) is 1.54. The molecule has 0 fully saturated rings. The number of ether oxygens (including phenoxy) is 1. The largest absolute Gasteiger partial charge is 0.481 e. The molecule has 0 bridgehead atoms. The zero-order valence-electron chi connectivity index (χ0n) is 16.0. The van der Waals surface area contributed by atoms with Crippen LogP contribution in [0.4, 0.5) is 4.39 Å². The van der Waals surface area contributed by atoms with Gasteiger partial charge in [0.2, 0.25) is 11.8 Å². The average Bonchev–Trinajstić information content (AvgIpc) is 2.72. The summed E-state index contributed by atoms with van der Waals surface area (Å²) >= 11 is 0. The summed E-state index contributed by atoms with van der Waals surface area (Å²) in [6.07, 6.45) is 6.59. The van der Waals surface area contributed by atoms with Gasteiger partial charge in [0.25, 0.3) is 0 Å². The van der Waals surface area contributed by atoms with Gasteiger partial charge in [-0.15, -0.1) is 0 Å². The standard InChI is InChI=1S/C22H22FN3O2/c1-3-21(27)25-19-6-4-5-14-16(11-24-12-17(14)19)15-9-13-7-8-22(28-2)26-20(13)10-18(15)23/h7-12,19H,3-6H2,1-2H3,(H,25,27). The highest BCUT2D eigenvalue weighted by Crippen LogP contribution is 2.37. The third kappa shape index (κ3) is 3.30. The molecular weight excluding hydrogens is 357 g/mol. The molecular formula is C22H22FN3O2. The van der Waals surface area contributed by atoms with E-state index < -0.39 is 0 Å². The van der Waals surface area contributed by atoms with Gasteiger partial charge in [0.05, 0.1) is 18.7 Å². The first-order valence-corrected chi connectivity index (χ1v) is 9.51. The van der Waals surface area contributed by atoms with Crippen LogP contribution in [0.1, 0.15) is 43.4 Å². The number of hydrogen-bond donors (Lipinski definition) is 1. The Labute approximate surface area is 163 Å². The Morgan fingerprint density at radius 3 is 2.93 bits per heavy atom. The van der Waals surface area contributed by atoms with Gasteiger partial charge in [-0.3, -0.25) is 9.78 Å². The first kappa shape index (κ1) is 18.3. The summed E-state index contributed by atoms with van der Waals surface area (Å²) in [4.78, 5) is 20.5. The SMILES string of the molecule is CCC(=O)NC1CCCc2c(-c3cc4ccc(OC)nc4cc3F)cncc21. The second kappa shape index (κ2) is 7.54. The van der Waals surface area contributed by atoms with E-state index in [0.29, 0.717) is 23.4 Å². The first-order valence-electron chi connectivity index (χ1n) is 9.51. The first-order chi connectivity index (χ1) is 13.6. The Balaban J connectivity index is 1.81. The molecule has 1 atom stereocenters. The molecule has 4 rings (SSSR count). The molecule has 1 aliphatic rings. The van der Waals surface area contributed by atoms with Gasteiger partial charge in [-0.1, -0.05) is 6.92 Å². The maximum Gasteiger partial charge on any atom is 0.220 e. The lowest BCUT2D eigenvalue weighted by Crippen LogP contribution is -2.30. The number of halogens is 1. The van der Waals surface area contributed by atoms with Gasteiger partial charge >= 0.3 is 0 Å². The maximum absolute atomic E-state index is 15.0. The van der Waals surface area contributed by atoms with E-state index in [9.17, 15) is 9.18 Å². The molecule has 0 spiro atoms. The van der Waals surface area contributed by atoms with E-state index in [2.05, 4.69) is 15.3 Å². The Morgan fingerprint density at radius 1 is 1.29 bits per heavy atom. The molecule has 2 heterocycles. The zero-order chi connectivity index (χ0) is 19.7. The fourth-order valence-corrected chi connectivity index (χ4v) is 3.85. The van der Waals surface area contributed by atoms with E-state index >= 15 is 0 Å². The van der Waals surface area contributed by atoms with Crippen LogP contribution in [0.5, 0.6) is 5.88 Å². The van der Waals surface area contributed by atoms with E-state index in [0.717, 1.165) is 41.3 Å². The van der Waals surface area contributed by atoms with E-state index in [1.165, 1.54) is 13.2 Å². The van der Waals surface area contributed by atoms with E-state index in [4.69, 9.17) is 4.74 Å². The number of aromatic nitrogens is 2. The molecule has 2 aromatic heterocycles. The summed E-state index contributed by atoms with van der Waals surface area (Å²) in [6, 6.07) is 6.81. The van der Waals surface area contributed by atoms with Gasteiger partial charge in [0, 0.05) is 47.5 Å². The fraction of sp³-hybridized carbons (Fsp3) is 0.318. The van der Waals surface area contributed by atoms with Crippen molar-refractivity contribution < 1.29 is 13.9 Å². The van der Waals surface area contributed by atoms with Gasteiger partial charge in [0.1, 0.15) is 5.82 Å². The monoisotopic (exact) mass is 379 g/mol. The van der Waals surface area contributed by atoms with Crippen LogP contribution in [0.3, 0.4) is 0 Å². The van der Waals surface area contributed by atoms with E-state index in [-0.39, 0.29) is 17.8 Å². The number of benzene rings is 1. The van der Waals surface area contributed by atoms with Gasteiger partial charge in [-0.2, -0.15) is 0 Å². The predicted molar refractivity (Wildman–Crippen MR) is 106 cm³/mol. The average molecular weight is 379 g/mol. The second-order valence-corrected chi connectivity index (χ2v) is 7.00. The summed E-state index contributed by atoms with van der Waals surface area (Å²) in [5, 5.41) is 3.90. The third-order valence-electron chi connectivity index (χ3n) is 5.29. The lowest BCUT2D eigenvalue weighted by molar-refractivity contribution is -0.121. The fourth-order valence-electron chi connectivity index (χ4n) is 3.85. The van der Waals surface area contributed by atoms with Crippen molar-refractivity contribution in [3.05, 3.63) is 53.6 Å². The van der Waals surface area contributed by atoms with Crippen LogP contribution in [0.2, 0.25) is 0 Å². The Hall–Kier alpha value is -3.02. The molecule has 5 nitrogen and oxygen atoms in total. The summed E-state index contributed by atoms with van der Waals surface area (Å²) in [5.41, 5.74) is 3.88. The number of carbonyl (C=O) groups is 1. The summed E-state index contributed by atoms with van der Waals surface area (Å²) in [5.74, 6) is 0.122. The number of methoxy groups -OCH3 is 1. The van der Waals surface area contributed by atoms with Crippen molar-refractivity contribution >= 4 is 16.8 Å². The third-order valence-corrected chi connectivity index (χ3v) is 5.29. The van der Waals surface area contributed by atoms with E-state index in [1.807, 2.05) is 19.1 Å². The van der Waals surface area contributed by atoms with Crippen LogP contribution in [0, 0.1) is 5.82 Å². The summed E-state index contributed by atoms with van der Waals surface area (Å²) in [6.45, 7) is 1.83. The highest BCUT2D eigenvalue weighted by atomic mass is 19.1. The number of fused-ring (bicyclic) bond motifs is 2. The maximum atomic E-state index is 15.0. The highest BCUT2D eigenvalue weighted by molar-refractivity contribution is 5.86. The molecule has 0 saturated carbocycles. The minimum absolute atomic E-state index is 0.0140. The minimum Gasteiger partial charge on any atom is -0.481 e. The minimum atomic E-state index is -0.344. The van der Waals surface area contributed by atoms with Crippen molar-refractivity contribution in [1.29, 1.82) is 0 Å². The molecule has 0 radical (unpaired) electrons. The molecule has 1 amide bonds. The number of nitrogens with zero attached hydrogens (tertiary/aromatic N) is 2. The quantitative estimate of drug-likeness (QED) is 0.732. The van der Waals surface area contributed by atoms with Crippen LogP contribution >= 0.6 is 0 Å². The molecule has 0 aliphatic heterocycles. The number of carbonyl (C=O) groups excluding carboxylic acids is 1. The Bertz CT molecular complexity index is 1050. The van der Waals surface area contributed by atoms with Crippen LogP contribution < -0.4 is 10.1 Å². The molecule has 3 aromatic rings. The van der Waals surface area contributed by atoms with Gasteiger partial charge in [-0.25, -0.2) is 9.37 Å². The van der Waals surface area contributed by atoms with Crippen molar-refractivity contribution in [2.75, 3.05) is 7.11 Å². The molecule has 1 aliphatic carbocycles. The molecule has 6 heteroatoms. The molecule has 0 saturated heterocycles. The van der Waals surface area contributed by atoms with Crippen molar-refractivity contribution in [3.63, 3.8) is 0 Å². The Morgan fingerprint density at radius 2 is 2.14 bits per heavy atom. The van der Waals surface area contributed by atoms with Crippen LogP contribution in [-0.2, 0) is 11.2 Å². The molecule has 1 unspecified atom stereocenters. The molecule has 1 aromatic carbocycles. The number of rotatable bonds is 4. The van der Waals surface area contributed by atoms with Gasteiger partial charge in [-0.05, 0) is 42.5 Å². The van der Waals surface area contributed by atoms with E-state index in [1.54, 1.807) is 18.5 Å². The zero-order valence-corrected chi connectivity index (χ0v) is 16.0.